The van der Waals surface area contributed by atoms with Gasteiger partial charge in [-0.3, -0.25) is 0 Å². The van der Waals surface area contributed by atoms with Crippen molar-refractivity contribution in [2.24, 2.45) is 11.8 Å². The van der Waals surface area contributed by atoms with Crippen LogP contribution in [0, 0.1) is 11.8 Å². The van der Waals surface area contributed by atoms with Crippen molar-refractivity contribution in [1.82, 2.24) is 5.32 Å². The molecule has 3 heteroatoms. The maximum atomic E-state index is 6.54. The Hall–Kier alpha value is -0.540. The van der Waals surface area contributed by atoms with E-state index >= 15 is 0 Å². The van der Waals surface area contributed by atoms with Crippen molar-refractivity contribution in [3.63, 3.8) is 0 Å². The zero-order chi connectivity index (χ0) is 14.3. The predicted octanol–water partition coefficient (Wildman–Crippen LogP) is 4.69. The minimum atomic E-state index is 0.0263. The van der Waals surface area contributed by atoms with Gasteiger partial charge in [0.25, 0.3) is 0 Å². The number of hydrogen-bond acceptors (Lipinski definition) is 2. The first-order valence-electron chi connectivity index (χ1n) is 7.67. The molecule has 3 atom stereocenters. The summed E-state index contributed by atoms with van der Waals surface area (Å²) in [6.07, 6.45) is 4.79. The van der Waals surface area contributed by atoms with Gasteiger partial charge >= 0.3 is 0 Å². The molecule has 0 aromatic heterocycles. The molecule has 2 aliphatic rings. The number of ether oxygens (including phenoxy) is 1. The van der Waals surface area contributed by atoms with E-state index in [0.717, 1.165) is 28.5 Å². The molecule has 20 heavy (non-hydrogen) atoms. The lowest BCUT2D eigenvalue weighted by Crippen LogP contribution is -2.48. The van der Waals surface area contributed by atoms with Crippen LogP contribution in [0.15, 0.2) is 22.7 Å². The SMILES string of the molecule is CNC1CC2(CC(C)CC(C)C2)Oc2cc(Br)ccc21. The van der Waals surface area contributed by atoms with Crippen LogP contribution in [0.2, 0.25) is 0 Å². The summed E-state index contributed by atoms with van der Waals surface area (Å²) in [5, 5.41) is 3.49. The Morgan fingerprint density at radius 1 is 1.20 bits per heavy atom. The average Bonchev–Trinajstić information content (AvgIpc) is 2.35. The van der Waals surface area contributed by atoms with Gasteiger partial charge < -0.3 is 10.1 Å². The van der Waals surface area contributed by atoms with Crippen molar-refractivity contribution >= 4 is 15.9 Å². The lowest BCUT2D eigenvalue weighted by molar-refractivity contribution is -0.0341. The Morgan fingerprint density at radius 3 is 2.55 bits per heavy atom. The second-order valence-corrected chi connectivity index (χ2v) is 7.78. The zero-order valence-electron chi connectivity index (χ0n) is 12.6. The summed E-state index contributed by atoms with van der Waals surface area (Å²) in [6.45, 7) is 4.73. The van der Waals surface area contributed by atoms with Crippen molar-refractivity contribution in [2.75, 3.05) is 7.05 Å². The molecule has 0 bridgehead atoms. The lowest BCUT2D eigenvalue weighted by atomic mass is 9.69. The van der Waals surface area contributed by atoms with Crippen LogP contribution in [0.5, 0.6) is 5.75 Å². The molecule has 2 nitrogen and oxygen atoms in total. The minimum Gasteiger partial charge on any atom is -0.487 e. The van der Waals surface area contributed by atoms with Crippen LogP contribution in [0.4, 0.5) is 0 Å². The normalized spacial score (nSPS) is 36.5. The monoisotopic (exact) mass is 337 g/mol. The molecule has 1 N–H and O–H groups in total. The number of nitrogens with one attached hydrogen (secondary N) is 1. The van der Waals surface area contributed by atoms with Crippen LogP contribution in [0.3, 0.4) is 0 Å². The highest BCUT2D eigenvalue weighted by molar-refractivity contribution is 9.10. The van der Waals surface area contributed by atoms with Crippen LogP contribution in [-0.4, -0.2) is 12.6 Å². The minimum absolute atomic E-state index is 0.0263. The van der Waals surface area contributed by atoms with Gasteiger partial charge in [0.1, 0.15) is 11.4 Å². The molecule has 1 heterocycles. The molecule has 1 aromatic carbocycles. The summed E-state index contributed by atoms with van der Waals surface area (Å²) < 4.78 is 7.64. The molecule has 1 spiro atoms. The summed E-state index contributed by atoms with van der Waals surface area (Å²) in [5.74, 6) is 2.57. The second-order valence-electron chi connectivity index (χ2n) is 6.87. The van der Waals surface area contributed by atoms with E-state index < -0.39 is 0 Å². The van der Waals surface area contributed by atoms with E-state index in [2.05, 4.69) is 60.3 Å². The van der Waals surface area contributed by atoms with Gasteiger partial charge in [0.05, 0.1) is 0 Å². The van der Waals surface area contributed by atoms with Gasteiger partial charge in [-0.05, 0) is 50.3 Å². The number of hydrogen-bond donors (Lipinski definition) is 1. The molecule has 0 amide bonds. The van der Waals surface area contributed by atoms with E-state index in [-0.39, 0.29) is 5.60 Å². The first-order valence-corrected chi connectivity index (χ1v) is 8.46. The van der Waals surface area contributed by atoms with Crippen molar-refractivity contribution in [2.45, 2.75) is 51.2 Å². The third-order valence-electron chi connectivity index (χ3n) is 4.85. The fourth-order valence-electron chi connectivity index (χ4n) is 4.36. The molecule has 3 rings (SSSR count). The van der Waals surface area contributed by atoms with Gasteiger partial charge in [0.15, 0.2) is 0 Å². The van der Waals surface area contributed by atoms with Crippen molar-refractivity contribution < 1.29 is 4.74 Å². The molecule has 3 unspecified atom stereocenters. The Morgan fingerprint density at radius 2 is 1.90 bits per heavy atom. The molecule has 0 radical (unpaired) electrons. The van der Waals surface area contributed by atoms with Crippen molar-refractivity contribution in [3.8, 4) is 5.75 Å². The fourth-order valence-corrected chi connectivity index (χ4v) is 4.70. The molecule has 0 saturated heterocycles. The highest BCUT2D eigenvalue weighted by Gasteiger charge is 2.45. The molecule has 1 saturated carbocycles. The van der Waals surface area contributed by atoms with Gasteiger partial charge in [-0.1, -0.05) is 35.8 Å². The Balaban J connectivity index is 1.97. The second kappa shape index (κ2) is 5.34. The largest absolute Gasteiger partial charge is 0.487 e. The highest BCUT2D eigenvalue weighted by Crippen LogP contribution is 2.49. The molecular formula is C17H24BrNO. The third-order valence-corrected chi connectivity index (χ3v) is 5.34. The van der Waals surface area contributed by atoms with Gasteiger partial charge in [-0.15, -0.1) is 0 Å². The summed E-state index contributed by atoms with van der Waals surface area (Å²) in [6, 6.07) is 6.83. The summed E-state index contributed by atoms with van der Waals surface area (Å²) >= 11 is 3.57. The Labute approximate surface area is 130 Å². The van der Waals surface area contributed by atoms with Crippen molar-refractivity contribution in [3.05, 3.63) is 28.2 Å². The maximum absolute atomic E-state index is 6.54. The summed E-state index contributed by atoms with van der Waals surface area (Å²) in [5.41, 5.74) is 1.32. The van der Waals surface area contributed by atoms with E-state index in [0.29, 0.717) is 6.04 Å². The van der Waals surface area contributed by atoms with Crippen LogP contribution >= 0.6 is 15.9 Å². The zero-order valence-corrected chi connectivity index (χ0v) is 14.2. The lowest BCUT2D eigenvalue weighted by Gasteiger charge is -2.48. The predicted molar refractivity (Wildman–Crippen MR) is 86.1 cm³/mol. The smallest absolute Gasteiger partial charge is 0.126 e. The molecule has 1 aliphatic carbocycles. The van der Waals surface area contributed by atoms with Crippen LogP contribution in [0.25, 0.3) is 0 Å². The number of fused-ring (bicyclic) bond motifs is 1. The van der Waals surface area contributed by atoms with Gasteiger partial charge in [-0.25, -0.2) is 0 Å². The Kier molecular flexibility index (Phi) is 3.85. The van der Waals surface area contributed by atoms with E-state index in [1.165, 1.54) is 24.8 Å². The van der Waals surface area contributed by atoms with E-state index in [1.54, 1.807) is 0 Å². The molecular weight excluding hydrogens is 314 g/mol. The quantitative estimate of drug-likeness (QED) is 0.802. The average molecular weight is 338 g/mol. The number of benzene rings is 1. The standard InChI is InChI=1S/C17H24BrNO/c1-11-6-12(2)9-17(8-11)10-15(19-3)14-5-4-13(18)7-16(14)20-17/h4-5,7,11-12,15,19H,6,8-10H2,1-3H3. The highest BCUT2D eigenvalue weighted by atomic mass is 79.9. The summed E-state index contributed by atoms with van der Waals surface area (Å²) in [7, 11) is 2.06. The molecule has 1 fully saturated rings. The van der Waals surface area contributed by atoms with Crippen LogP contribution in [0.1, 0.15) is 51.1 Å². The van der Waals surface area contributed by atoms with E-state index in [9.17, 15) is 0 Å². The fraction of sp³-hybridized carbons (Fsp3) is 0.647. The molecule has 1 aromatic rings. The van der Waals surface area contributed by atoms with E-state index in [4.69, 9.17) is 4.74 Å². The number of rotatable bonds is 1. The van der Waals surface area contributed by atoms with Crippen LogP contribution < -0.4 is 10.1 Å². The topological polar surface area (TPSA) is 21.3 Å². The first kappa shape index (κ1) is 14.4. The van der Waals surface area contributed by atoms with Gasteiger partial charge in [0.2, 0.25) is 0 Å². The first-order chi connectivity index (χ1) is 9.51. The summed E-state index contributed by atoms with van der Waals surface area (Å²) in [4.78, 5) is 0. The van der Waals surface area contributed by atoms with Gasteiger partial charge in [0, 0.05) is 22.5 Å². The van der Waals surface area contributed by atoms with E-state index in [1.807, 2.05) is 0 Å². The van der Waals surface area contributed by atoms with Crippen molar-refractivity contribution in [1.29, 1.82) is 0 Å². The number of halogens is 1. The third kappa shape index (κ3) is 2.62. The Bertz CT molecular complexity index is 492. The van der Waals surface area contributed by atoms with Crippen LogP contribution in [-0.2, 0) is 0 Å². The molecule has 1 aliphatic heterocycles. The molecule has 110 valence electrons. The maximum Gasteiger partial charge on any atom is 0.126 e. The van der Waals surface area contributed by atoms with Gasteiger partial charge in [-0.2, -0.15) is 0 Å².